The topological polar surface area (TPSA) is 61.9 Å². The number of nitrogens with one attached hydrogen (secondary N) is 1. The Kier molecular flexibility index (Phi) is 5.22. The molecule has 2 aromatic rings. The molecule has 0 saturated carbocycles. The molecule has 0 radical (unpaired) electrons. The molecule has 1 aliphatic carbocycles. The van der Waals surface area contributed by atoms with Gasteiger partial charge in [-0.2, -0.15) is 0 Å². The molecule has 3 aliphatic rings. The number of fused-ring (bicyclic) bond motifs is 3. The number of alkyl halides is 3. The summed E-state index contributed by atoms with van der Waals surface area (Å²) >= 11 is 0. The van der Waals surface area contributed by atoms with Gasteiger partial charge in [-0.25, -0.2) is 13.6 Å². The molecular formula is C23H18F5N3O3. The Labute approximate surface area is 190 Å². The van der Waals surface area contributed by atoms with Crippen molar-refractivity contribution in [2.24, 2.45) is 5.92 Å². The summed E-state index contributed by atoms with van der Waals surface area (Å²) in [5.74, 6) is -2.86. The molecule has 1 fully saturated rings. The standard InChI is InChI=1S/C23H18F5N3O3/c24-17-4-5-18-16(21(17)25)10-30(22(33)29-18)11-20(32)31-9-12-6-15(19(31)7-12)13-2-1-3-14(8-13)34-23(26,27)28/h1-6,8,12,19H,7,9-11H2,(H,29,33)/t12-,19-/m1/s1. The van der Waals surface area contributed by atoms with E-state index in [0.717, 1.165) is 11.0 Å². The summed E-state index contributed by atoms with van der Waals surface area (Å²) in [4.78, 5) is 28.2. The maximum atomic E-state index is 14.2. The molecule has 0 spiro atoms. The maximum absolute atomic E-state index is 14.2. The van der Waals surface area contributed by atoms with Crippen molar-refractivity contribution in [2.45, 2.75) is 25.4 Å². The zero-order valence-corrected chi connectivity index (χ0v) is 17.5. The predicted octanol–water partition coefficient (Wildman–Crippen LogP) is 4.53. The van der Waals surface area contributed by atoms with Gasteiger partial charge in [0, 0.05) is 12.1 Å². The van der Waals surface area contributed by atoms with Gasteiger partial charge in [0.1, 0.15) is 12.3 Å². The molecule has 5 rings (SSSR count). The number of hydrogen-bond acceptors (Lipinski definition) is 3. The van der Waals surface area contributed by atoms with E-state index in [-0.39, 0.29) is 42.0 Å². The number of anilines is 1. The van der Waals surface area contributed by atoms with Crippen LogP contribution in [0.3, 0.4) is 0 Å². The van der Waals surface area contributed by atoms with Gasteiger partial charge in [-0.05, 0) is 47.7 Å². The summed E-state index contributed by atoms with van der Waals surface area (Å²) in [6.45, 7) is -0.215. The Balaban J connectivity index is 1.31. The summed E-state index contributed by atoms with van der Waals surface area (Å²) < 4.78 is 69.6. The molecule has 34 heavy (non-hydrogen) atoms. The number of ether oxygens (including phenoxy) is 1. The van der Waals surface area contributed by atoms with Crippen molar-refractivity contribution >= 4 is 23.2 Å². The lowest BCUT2D eigenvalue weighted by atomic mass is 9.99. The molecule has 0 aromatic heterocycles. The van der Waals surface area contributed by atoms with Crippen LogP contribution in [0.15, 0.2) is 42.5 Å². The number of halogens is 5. The van der Waals surface area contributed by atoms with Gasteiger partial charge in [0.05, 0.1) is 18.3 Å². The quantitative estimate of drug-likeness (QED) is 0.656. The third-order valence-electron chi connectivity index (χ3n) is 6.23. The van der Waals surface area contributed by atoms with E-state index in [1.54, 1.807) is 11.0 Å². The number of nitrogens with zero attached hydrogens (tertiary/aromatic N) is 2. The second-order valence-corrected chi connectivity index (χ2v) is 8.43. The van der Waals surface area contributed by atoms with Crippen molar-refractivity contribution in [3.63, 3.8) is 0 Å². The molecule has 1 N–H and O–H groups in total. The minimum Gasteiger partial charge on any atom is -0.406 e. The number of hydrogen-bond donors (Lipinski definition) is 1. The van der Waals surface area contributed by atoms with Crippen molar-refractivity contribution in [3.05, 3.63) is 65.2 Å². The second-order valence-electron chi connectivity index (χ2n) is 8.43. The Morgan fingerprint density at radius 2 is 1.97 bits per heavy atom. The summed E-state index contributed by atoms with van der Waals surface area (Å²) in [6.07, 6.45) is -2.27. The molecule has 2 bridgehead atoms. The highest BCUT2D eigenvalue weighted by Crippen LogP contribution is 2.42. The highest BCUT2D eigenvalue weighted by Gasteiger charge is 2.43. The lowest BCUT2D eigenvalue weighted by molar-refractivity contribution is -0.274. The number of likely N-dealkylation sites (tertiary alicyclic amines) is 1. The number of amides is 3. The first-order valence-electron chi connectivity index (χ1n) is 10.5. The van der Waals surface area contributed by atoms with Crippen LogP contribution in [0.2, 0.25) is 0 Å². The third kappa shape index (κ3) is 4.06. The summed E-state index contributed by atoms with van der Waals surface area (Å²) in [5.41, 5.74) is 1.32. The van der Waals surface area contributed by atoms with Gasteiger partial charge in [-0.3, -0.25) is 4.79 Å². The highest BCUT2D eigenvalue weighted by atomic mass is 19.4. The van der Waals surface area contributed by atoms with Gasteiger partial charge in [-0.15, -0.1) is 13.2 Å². The first-order valence-corrected chi connectivity index (χ1v) is 10.5. The molecule has 2 atom stereocenters. The molecule has 2 heterocycles. The van der Waals surface area contributed by atoms with Crippen molar-refractivity contribution in [1.82, 2.24) is 9.80 Å². The zero-order valence-electron chi connectivity index (χ0n) is 17.5. The number of rotatable bonds is 4. The minimum atomic E-state index is -4.82. The Morgan fingerprint density at radius 1 is 1.18 bits per heavy atom. The third-order valence-corrected chi connectivity index (χ3v) is 6.23. The van der Waals surface area contributed by atoms with Crippen LogP contribution in [0.25, 0.3) is 5.57 Å². The first kappa shape index (κ1) is 22.2. The Morgan fingerprint density at radius 3 is 2.71 bits per heavy atom. The SMILES string of the molecule is O=C1Nc2ccc(F)c(F)c2CN1CC(=O)N1C[C@@H]2C=C(c3cccc(OC(F)(F)F)c3)[C@H]1C2. The van der Waals surface area contributed by atoms with E-state index < -0.39 is 29.9 Å². The highest BCUT2D eigenvalue weighted by molar-refractivity contribution is 5.95. The predicted molar refractivity (Wildman–Crippen MR) is 110 cm³/mol. The minimum absolute atomic E-state index is 0.0265. The van der Waals surface area contributed by atoms with Crippen LogP contribution in [-0.2, 0) is 11.3 Å². The number of carbonyl (C=O) groups is 2. The average molecular weight is 479 g/mol. The van der Waals surface area contributed by atoms with Gasteiger partial charge in [0.2, 0.25) is 5.91 Å². The molecular weight excluding hydrogens is 461 g/mol. The van der Waals surface area contributed by atoms with Crippen LogP contribution >= 0.6 is 0 Å². The Bertz CT molecular complexity index is 1210. The lowest BCUT2D eigenvalue weighted by Gasteiger charge is -2.33. The monoisotopic (exact) mass is 479 g/mol. The fraction of sp³-hybridized carbons (Fsp3) is 0.304. The van der Waals surface area contributed by atoms with Crippen LogP contribution in [-0.4, -0.2) is 47.2 Å². The van der Waals surface area contributed by atoms with E-state index >= 15 is 0 Å². The molecule has 1 saturated heterocycles. The van der Waals surface area contributed by atoms with Gasteiger partial charge in [0.25, 0.3) is 0 Å². The zero-order chi connectivity index (χ0) is 24.2. The smallest absolute Gasteiger partial charge is 0.406 e. The Hall–Kier alpha value is -3.63. The summed E-state index contributed by atoms with van der Waals surface area (Å²) in [6, 6.07) is 6.76. The average Bonchev–Trinajstić information content (AvgIpc) is 3.38. The van der Waals surface area contributed by atoms with Crippen LogP contribution < -0.4 is 10.1 Å². The summed E-state index contributed by atoms with van der Waals surface area (Å²) in [5, 5.41) is 2.46. The second kappa shape index (κ2) is 8.00. The molecule has 11 heteroatoms. The summed E-state index contributed by atoms with van der Waals surface area (Å²) in [7, 11) is 0. The van der Waals surface area contributed by atoms with Gasteiger partial charge >= 0.3 is 12.4 Å². The van der Waals surface area contributed by atoms with Crippen LogP contribution in [0.1, 0.15) is 17.5 Å². The van der Waals surface area contributed by atoms with Crippen molar-refractivity contribution in [1.29, 1.82) is 0 Å². The number of benzene rings is 2. The normalized spacial score (nSPS) is 21.3. The molecule has 6 nitrogen and oxygen atoms in total. The molecule has 178 valence electrons. The van der Waals surface area contributed by atoms with E-state index in [1.807, 2.05) is 6.08 Å². The fourth-order valence-corrected chi connectivity index (χ4v) is 4.79. The van der Waals surface area contributed by atoms with E-state index in [0.29, 0.717) is 24.1 Å². The van der Waals surface area contributed by atoms with E-state index in [2.05, 4.69) is 10.1 Å². The number of urea groups is 1. The van der Waals surface area contributed by atoms with Crippen LogP contribution in [0.4, 0.5) is 32.4 Å². The van der Waals surface area contributed by atoms with E-state index in [1.165, 1.54) is 24.3 Å². The van der Waals surface area contributed by atoms with Crippen LogP contribution in [0, 0.1) is 17.6 Å². The fourth-order valence-electron chi connectivity index (χ4n) is 4.79. The largest absolute Gasteiger partial charge is 0.573 e. The van der Waals surface area contributed by atoms with E-state index in [4.69, 9.17) is 0 Å². The molecule has 2 aliphatic heterocycles. The van der Waals surface area contributed by atoms with Gasteiger partial charge < -0.3 is 19.9 Å². The van der Waals surface area contributed by atoms with Gasteiger partial charge in [0.15, 0.2) is 11.6 Å². The van der Waals surface area contributed by atoms with E-state index in [9.17, 15) is 31.5 Å². The van der Waals surface area contributed by atoms with Gasteiger partial charge in [-0.1, -0.05) is 18.2 Å². The molecule has 0 unspecified atom stereocenters. The van der Waals surface area contributed by atoms with Crippen molar-refractivity contribution < 1.29 is 36.3 Å². The van der Waals surface area contributed by atoms with Crippen molar-refractivity contribution in [2.75, 3.05) is 18.4 Å². The number of carbonyl (C=O) groups excluding carboxylic acids is 2. The van der Waals surface area contributed by atoms with Crippen LogP contribution in [0.5, 0.6) is 5.75 Å². The van der Waals surface area contributed by atoms with Crippen molar-refractivity contribution in [3.8, 4) is 5.75 Å². The first-order chi connectivity index (χ1) is 16.1. The molecule has 2 aromatic carbocycles. The lowest BCUT2D eigenvalue weighted by Crippen LogP contribution is -2.48. The maximum Gasteiger partial charge on any atom is 0.573 e. The molecule has 3 amide bonds.